The lowest BCUT2D eigenvalue weighted by molar-refractivity contribution is -0.167. The van der Waals surface area contributed by atoms with Gasteiger partial charge in [-0.2, -0.15) is 0 Å². The number of carbonyl (C=O) groups is 3. The van der Waals surface area contributed by atoms with Crippen molar-refractivity contribution in [3.63, 3.8) is 0 Å². The third-order valence-electron chi connectivity index (χ3n) is 3.62. The van der Waals surface area contributed by atoms with Gasteiger partial charge in [-0.25, -0.2) is 14.8 Å². The van der Waals surface area contributed by atoms with Crippen LogP contribution in [0.15, 0.2) is 24.8 Å². The van der Waals surface area contributed by atoms with Gasteiger partial charge in [0.1, 0.15) is 12.1 Å². The van der Waals surface area contributed by atoms with Crippen LogP contribution < -0.4 is 5.32 Å². The molecule has 142 valence electrons. The van der Waals surface area contributed by atoms with Crippen LogP contribution in [0.1, 0.15) is 31.7 Å². The fourth-order valence-electron chi connectivity index (χ4n) is 2.36. The van der Waals surface area contributed by atoms with Crippen molar-refractivity contribution in [3.05, 3.63) is 30.4 Å². The topological polar surface area (TPSA) is 150 Å². The van der Waals surface area contributed by atoms with E-state index in [9.17, 15) is 19.5 Å². The standard InChI is InChI=1S/C10H13N3.C7H10O6/c1(9-3-4-11-5-9)2-10-6-12-8-13-7-10;1-4(8)2-7(13,6(11)12)3-5(9)10/h1-2,6-9,11H,3-5H2;13H,2-3H2,1H3,(H,9,10)(H,11,12)/b2-1+;/t9-;/m0./s1. The molecule has 4 N–H and O–H groups in total. The van der Waals surface area contributed by atoms with Gasteiger partial charge in [-0.15, -0.1) is 0 Å². The second kappa shape index (κ2) is 10.4. The molecular formula is C17H23N3O6. The summed E-state index contributed by atoms with van der Waals surface area (Å²) in [5.74, 6) is -3.07. The number of hydrogen-bond acceptors (Lipinski definition) is 7. The molecule has 1 aromatic heterocycles. The van der Waals surface area contributed by atoms with Gasteiger partial charge >= 0.3 is 11.9 Å². The second-order valence-electron chi connectivity index (χ2n) is 6.07. The average molecular weight is 365 g/mol. The summed E-state index contributed by atoms with van der Waals surface area (Å²) in [4.78, 5) is 39.0. The number of nitrogens with one attached hydrogen (secondary N) is 1. The molecule has 0 aliphatic carbocycles. The Labute approximate surface area is 150 Å². The van der Waals surface area contributed by atoms with Crippen LogP contribution in [-0.4, -0.2) is 61.7 Å². The predicted molar refractivity (Wildman–Crippen MR) is 92.2 cm³/mol. The summed E-state index contributed by atoms with van der Waals surface area (Å²) >= 11 is 0. The van der Waals surface area contributed by atoms with Gasteiger partial charge in [0.2, 0.25) is 0 Å². The monoisotopic (exact) mass is 365 g/mol. The molecule has 1 saturated heterocycles. The zero-order valence-corrected chi connectivity index (χ0v) is 14.5. The number of nitrogens with zero attached hydrogens (tertiary/aromatic N) is 2. The first kappa shape index (κ1) is 21.4. The Bertz CT molecular complexity index is 625. The third kappa shape index (κ3) is 7.95. The molecule has 0 saturated carbocycles. The van der Waals surface area contributed by atoms with Crippen LogP contribution in [0.25, 0.3) is 6.08 Å². The van der Waals surface area contributed by atoms with E-state index in [1.54, 1.807) is 6.33 Å². The largest absolute Gasteiger partial charge is 0.481 e. The summed E-state index contributed by atoms with van der Waals surface area (Å²) in [5, 5.41) is 29.3. The Balaban J connectivity index is 0.000000260. The minimum absolute atomic E-state index is 0.578. The van der Waals surface area contributed by atoms with Crippen LogP contribution in [0.3, 0.4) is 0 Å². The minimum atomic E-state index is -2.49. The molecule has 0 bridgehead atoms. The fraction of sp³-hybridized carbons (Fsp3) is 0.471. The number of Topliss-reactive ketones (excluding diaryl/α,β-unsaturated/α-hetero) is 1. The number of aliphatic carboxylic acids is 2. The van der Waals surface area contributed by atoms with Crippen molar-refractivity contribution < 1.29 is 29.7 Å². The van der Waals surface area contributed by atoms with Crippen LogP contribution in [0.2, 0.25) is 0 Å². The van der Waals surface area contributed by atoms with Crippen molar-refractivity contribution >= 4 is 23.8 Å². The van der Waals surface area contributed by atoms with E-state index in [0.29, 0.717) is 5.92 Å². The molecule has 2 rings (SSSR count). The van der Waals surface area contributed by atoms with Crippen molar-refractivity contribution in [2.75, 3.05) is 13.1 Å². The molecule has 0 amide bonds. The molecule has 9 nitrogen and oxygen atoms in total. The molecule has 2 atom stereocenters. The van der Waals surface area contributed by atoms with E-state index in [2.05, 4.69) is 27.4 Å². The maximum Gasteiger partial charge on any atom is 0.336 e. The van der Waals surface area contributed by atoms with Gasteiger partial charge in [0.05, 0.1) is 6.42 Å². The highest BCUT2D eigenvalue weighted by Gasteiger charge is 2.39. The van der Waals surface area contributed by atoms with Crippen molar-refractivity contribution in [2.24, 2.45) is 5.92 Å². The van der Waals surface area contributed by atoms with Gasteiger partial charge in [0.15, 0.2) is 5.60 Å². The SMILES string of the molecule is C(=C\[C@H]1CCNC1)/c1cncnc1.CC(=O)CC(O)(CC(=O)O)C(=O)O. The first-order chi connectivity index (χ1) is 12.2. The van der Waals surface area contributed by atoms with E-state index >= 15 is 0 Å². The molecule has 1 aliphatic rings. The summed E-state index contributed by atoms with van der Waals surface area (Å²) < 4.78 is 0. The van der Waals surface area contributed by atoms with Gasteiger partial charge in [0.25, 0.3) is 0 Å². The smallest absolute Gasteiger partial charge is 0.336 e. The van der Waals surface area contributed by atoms with Gasteiger partial charge in [0, 0.05) is 30.9 Å². The number of hydrogen-bond donors (Lipinski definition) is 4. The molecule has 1 aromatic rings. The van der Waals surface area contributed by atoms with E-state index in [1.807, 2.05) is 12.4 Å². The molecule has 1 unspecified atom stereocenters. The number of carboxylic acids is 2. The van der Waals surface area contributed by atoms with Crippen molar-refractivity contribution in [1.29, 1.82) is 0 Å². The van der Waals surface area contributed by atoms with Crippen molar-refractivity contribution in [3.8, 4) is 0 Å². The van der Waals surface area contributed by atoms with Crippen LogP contribution in [0.5, 0.6) is 0 Å². The molecule has 9 heteroatoms. The Morgan fingerprint density at radius 1 is 1.27 bits per heavy atom. The quantitative estimate of drug-likeness (QED) is 0.537. The fourth-order valence-corrected chi connectivity index (χ4v) is 2.36. The van der Waals surface area contributed by atoms with Gasteiger partial charge < -0.3 is 20.6 Å². The molecule has 0 aromatic carbocycles. The highest BCUT2D eigenvalue weighted by atomic mass is 16.4. The molecule has 26 heavy (non-hydrogen) atoms. The zero-order valence-electron chi connectivity index (χ0n) is 14.5. The van der Waals surface area contributed by atoms with Gasteiger partial charge in [-0.05, 0) is 25.8 Å². The van der Waals surface area contributed by atoms with E-state index in [1.165, 1.54) is 6.42 Å². The Morgan fingerprint density at radius 3 is 2.38 bits per heavy atom. The number of carboxylic acid groups (broad SMARTS) is 2. The van der Waals surface area contributed by atoms with E-state index in [4.69, 9.17) is 10.2 Å². The molecule has 0 radical (unpaired) electrons. The Kier molecular flexibility index (Phi) is 8.53. The number of carbonyl (C=O) groups excluding carboxylic acids is 1. The first-order valence-corrected chi connectivity index (χ1v) is 8.04. The maximum absolute atomic E-state index is 10.5. The van der Waals surface area contributed by atoms with Crippen LogP contribution >= 0.6 is 0 Å². The summed E-state index contributed by atoms with van der Waals surface area (Å²) in [6, 6.07) is 0. The second-order valence-corrected chi connectivity index (χ2v) is 6.07. The number of ketones is 1. The summed E-state index contributed by atoms with van der Waals surface area (Å²) in [7, 11) is 0. The molecular weight excluding hydrogens is 342 g/mol. The number of aromatic nitrogens is 2. The number of aliphatic hydroxyl groups is 1. The maximum atomic E-state index is 10.5. The van der Waals surface area contributed by atoms with Gasteiger partial charge in [-0.3, -0.25) is 9.59 Å². The summed E-state index contributed by atoms with van der Waals surface area (Å²) in [6.45, 7) is 3.32. The van der Waals surface area contributed by atoms with E-state index in [-0.39, 0.29) is 0 Å². The van der Waals surface area contributed by atoms with E-state index < -0.39 is 36.2 Å². The molecule has 2 heterocycles. The number of rotatable bonds is 7. The Morgan fingerprint density at radius 2 is 1.92 bits per heavy atom. The predicted octanol–water partition coefficient (Wildman–Crippen LogP) is 0.355. The first-order valence-electron chi connectivity index (χ1n) is 8.04. The lowest BCUT2D eigenvalue weighted by atomic mass is 9.94. The lowest BCUT2D eigenvalue weighted by Crippen LogP contribution is -2.42. The van der Waals surface area contributed by atoms with Crippen LogP contribution in [-0.2, 0) is 14.4 Å². The highest BCUT2D eigenvalue weighted by molar-refractivity contribution is 5.90. The third-order valence-corrected chi connectivity index (χ3v) is 3.62. The summed E-state index contributed by atoms with van der Waals surface area (Å²) in [5.41, 5.74) is -1.41. The zero-order chi connectivity index (χ0) is 19.6. The lowest BCUT2D eigenvalue weighted by Gasteiger charge is -2.19. The molecule has 1 aliphatic heterocycles. The van der Waals surface area contributed by atoms with Crippen LogP contribution in [0.4, 0.5) is 0 Å². The van der Waals surface area contributed by atoms with E-state index in [0.717, 1.165) is 25.6 Å². The highest BCUT2D eigenvalue weighted by Crippen LogP contribution is 2.16. The Hall–Kier alpha value is -2.65. The van der Waals surface area contributed by atoms with Crippen molar-refractivity contribution in [2.45, 2.75) is 31.8 Å². The van der Waals surface area contributed by atoms with Crippen LogP contribution in [0, 0.1) is 5.92 Å². The molecule has 1 fully saturated rings. The average Bonchev–Trinajstić information content (AvgIpc) is 3.06. The minimum Gasteiger partial charge on any atom is -0.481 e. The molecule has 0 spiro atoms. The van der Waals surface area contributed by atoms with Gasteiger partial charge in [-0.1, -0.05) is 12.2 Å². The summed E-state index contributed by atoms with van der Waals surface area (Å²) in [6.07, 6.45) is 9.09. The van der Waals surface area contributed by atoms with Crippen molar-refractivity contribution in [1.82, 2.24) is 15.3 Å². The normalized spacial score (nSPS) is 18.6.